The number of hydrogen-bond acceptors (Lipinski definition) is 6. The standard InChI is InChI=1S/C21H25N5S/c1-13(2)16-7-5-11-26(16)20-18-14-6-3-4-8-17(14)27-21(18)25-19(24-20)15-12-22-9-10-23-15/h9-10,12-13,16H,3-8,11H2,1-2H3/t16-/m1/s1. The number of rotatable bonds is 3. The van der Waals surface area contributed by atoms with Gasteiger partial charge in [0, 0.05) is 29.9 Å². The second-order valence-corrected chi connectivity index (χ2v) is 9.08. The van der Waals surface area contributed by atoms with Crippen molar-refractivity contribution in [3.63, 3.8) is 0 Å². The topological polar surface area (TPSA) is 54.8 Å². The van der Waals surface area contributed by atoms with E-state index in [1.54, 1.807) is 18.6 Å². The lowest BCUT2D eigenvalue weighted by Crippen LogP contribution is -2.34. The van der Waals surface area contributed by atoms with E-state index in [1.807, 2.05) is 11.3 Å². The minimum atomic E-state index is 0.553. The molecule has 1 atom stereocenters. The maximum Gasteiger partial charge on any atom is 0.183 e. The van der Waals surface area contributed by atoms with Crippen molar-refractivity contribution in [2.75, 3.05) is 11.4 Å². The summed E-state index contributed by atoms with van der Waals surface area (Å²) in [6.45, 7) is 5.74. The summed E-state index contributed by atoms with van der Waals surface area (Å²) in [5, 5.41) is 1.31. The van der Waals surface area contributed by atoms with Crippen LogP contribution in [-0.2, 0) is 12.8 Å². The lowest BCUT2D eigenvalue weighted by Gasteiger charge is -2.30. The molecule has 0 bridgehead atoms. The first kappa shape index (κ1) is 17.0. The van der Waals surface area contributed by atoms with Crippen LogP contribution in [0.15, 0.2) is 18.6 Å². The number of aromatic nitrogens is 4. The van der Waals surface area contributed by atoms with Gasteiger partial charge in [0.15, 0.2) is 5.82 Å². The van der Waals surface area contributed by atoms with Crippen molar-refractivity contribution < 1.29 is 0 Å². The smallest absolute Gasteiger partial charge is 0.183 e. The van der Waals surface area contributed by atoms with Crippen LogP contribution in [0.2, 0.25) is 0 Å². The normalized spacial score (nSPS) is 19.8. The van der Waals surface area contributed by atoms with E-state index in [-0.39, 0.29) is 0 Å². The van der Waals surface area contributed by atoms with Crippen LogP contribution in [0.3, 0.4) is 0 Å². The Bertz CT molecular complexity index is 966. The lowest BCUT2D eigenvalue weighted by atomic mass is 9.96. The summed E-state index contributed by atoms with van der Waals surface area (Å²) in [4.78, 5) is 23.9. The van der Waals surface area contributed by atoms with Gasteiger partial charge in [-0.3, -0.25) is 4.98 Å². The Labute approximate surface area is 163 Å². The summed E-state index contributed by atoms with van der Waals surface area (Å²) >= 11 is 1.87. The molecule has 4 heterocycles. The highest BCUT2D eigenvalue weighted by Gasteiger charge is 2.32. The fraction of sp³-hybridized carbons (Fsp3) is 0.524. The minimum absolute atomic E-state index is 0.553. The zero-order valence-corrected chi connectivity index (χ0v) is 16.8. The predicted molar refractivity (Wildman–Crippen MR) is 110 cm³/mol. The van der Waals surface area contributed by atoms with Crippen molar-refractivity contribution in [3.8, 4) is 11.5 Å². The van der Waals surface area contributed by atoms with Gasteiger partial charge in [-0.05, 0) is 50.0 Å². The highest BCUT2D eigenvalue weighted by Crippen LogP contribution is 2.42. The number of hydrogen-bond donors (Lipinski definition) is 0. The Morgan fingerprint density at radius 3 is 2.81 bits per heavy atom. The van der Waals surface area contributed by atoms with Crippen molar-refractivity contribution >= 4 is 27.4 Å². The zero-order chi connectivity index (χ0) is 18.4. The van der Waals surface area contributed by atoms with Crippen molar-refractivity contribution in [1.29, 1.82) is 0 Å². The van der Waals surface area contributed by atoms with E-state index in [4.69, 9.17) is 9.97 Å². The first-order valence-electron chi connectivity index (χ1n) is 10.1. The Morgan fingerprint density at radius 1 is 1.11 bits per heavy atom. The monoisotopic (exact) mass is 379 g/mol. The molecule has 1 saturated heterocycles. The van der Waals surface area contributed by atoms with Gasteiger partial charge in [-0.25, -0.2) is 15.0 Å². The number of nitrogens with zero attached hydrogens (tertiary/aromatic N) is 5. The maximum absolute atomic E-state index is 5.09. The molecular weight excluding hydrogens is 354 g/mol. The molecule has 5 rings (SSSR count). The van der Waals surface area contributed by atoms with Crippen LogP contribution in [0.5, 0.6) is 0 Å². The molecule has 27 heavy (non-hydrogen) atoms. The third-order valence-electron chi connectivity index (χ3n) is 5.93. The molecule has 0 N–H and O–H groups in total. The number of aryl methyl sites for hydroxylation is 2. The first-order valence-corrected chi connectivity index (χ1v) is 10.9. The maximum atomic E-state index is 5.09. The van der Waals surface area contributed by atoms with E-state index in [2.05, 4.69) is 28.7 Å². The molecule has 3 aromatic heterocycles. The van der Waals surface area contributed by atoms with E-state index >= 15 is 0 Å². The summed E-state index contributed by atoms with van der Waals surface area (Å²) in [6.07, 6.45) is 12.6. The molecule has 0 amide bonds. The minimum Gasteiger partial charge on any atom is -0.353 e. The predicted octanol–water partition coefficient (Wildman–Crippen LogP) is 4.65. The molecule has 0 radical (unpaired) electrons. The summed E-state index contributed by atoms with van der Waals surface area (Å²) in [6, 6.07) is 0.553. The third-order valence-corrected chi connectivity index (χ3v) is 7.11. The third kappa shape index (κ3) is 2.90. The Hall–Kier alpha value is -2.08. The molecule has 140 valence electrons. The van der Waals surface area contributed by atoms with Crippen LogP contribution in [0, 0.1) is 5.92 Å². The first-order chi connectivity index (χ1) is 13.2. The molecule has 0 saturated carbocycles. The van der Waals surface area contributed by atoms with Crippen molar-refractivity contribution in [3.05, 3.63) is 29.0 Å². The fourth-order valence-corrected chi connectivity index (χ4v) is 5.88. The van der Waals surface area contributed by atoms with Crippen molar-refractivity contribution in [2.45, 2.75) is 58.4 Å². The van der Waals surface area contributed by atoms with Crippen LogP contribution in [0.25, 0.3) is 21.7 Å². The van der Waals surface area contributed by atoms with Gasteiger partial charge in [0.1, 0.15) is 16.3 Å². The Balaban J connectivity index is 1.74. The quantitative estimate of drug-likeness (QED) is 0.663. The van der Waals surface area contributed by atoms with Gasteiger partial charge >= 0.3 is 0 Å². The highest BCUT2D eigenvalue weighted by atomic mass is 32.1. The Morgan fingerprint density at radius 2 is 2.00 bits per heavy atom. The highest BCUT2D eigenvalue weighted by molar-refractivity contribution is 7.19. The number of anilines is 1. The summed E-state index contributed by atoms with van der Waals surface area (Å²) in [5.41, 5.74) is 2.27. The van der Waals surface area contributed by atoms with E-state index in [0.29, 0.717) is 17.8 Å². The van der Waals surface area contributed by atoms with E-state index in [0.717, 1.165) is 29.3 Å². The molecule has 1 fully saturated rings. The van der Waals surface area contributed by atoms with Gasteiger partial charge in [0.25, 0.3) is 0 Å². The van der Waals surface area contributed by atoms with Gasteiger partial charge < -0.3 is 4.90 Å². The van der Waals surface area contributed by atoms with Gasteiger partial charge in [-0.2, -0.15) is 0 Å². The summed E-state index contributed by atoms with van der Waals surface area (Å²) < 4.78 is 0. The molecular formula is C21H25N5S. The molecule has 5 nitrogen and oxygen atoms in total. The fourth-order valence-electron chi connectivity index (χ4n) is 4.62. The summed E-state index contributed by atoms with van der Waals surface area (Å²) in [7, 11) is 0. The molecule has 3 aromatic rings. The van der Waals surface area contributed by atoms with Gasteiger partial charge in [0.05, 0.1) is 11.6 Å². The van der Waals surface area contributed by atoms with Crippen LogP contribution in [-0.4, -0.2) is 32.5 Å². The van der Waals surface area contributed by atoms with E-state index < -0.39 is 0 Å². The van der Waals surface area contributed by atoms with Gasteiger partial charge in [-0.15, -0.1) is 11.3 Å². The molecule has 2 aliphatic rings. The van der Waals surface area contributed by atoms with Gasteiger partial charge in [-0.1, -0.05) is 13.8 Å². The Kier molecular flexibility index (Phi) is 4.31. The van der Waals surface area contributed by atoms with Gasteiger partial charge in [0.2, 0.25) is 0 Å². The van der Waals surface area contributed by atoms with E-state index in [9.17, 15) is 0 Å². The lowest BCUT2D eigenvalue weighted by molar-refractivity contribution is 0.490. The van der Waals surface area contributed by atoms with Crippen LogP contribution < -0.4 is 4.90 Å². The summed E-state index contributed by atoms with van der Waals surface area (Å²) in [5.74, 6) is 2.46. The largest absolute Gasteiger partial charge is 0.353 e. The zero-order valence-electron chi connectivity index (χ0n) is 16.0. The van der Waals surface area contributed by atoms with Crippen LogP contribution >= 0.6 is 11.3 Å². The average Bonchev–Trinajstić information content (AvgIpc) is 3.32. The molecule has 1 aliphatic carbocycles. The second kappa shape index (κ2) is 6.82. The SMILES string of the molecule is CC(C)[C@H]1CCCN1c1nc(-c2cnccn2)nc2sc3c(c12)CCCC3. The molecule has 6 heteroatoms. The average molecular weight is 380 g/mol. The molecule has 0 unspecified atom stereocenters. The second-order valence-electron chi connectivity index (χ2n) is 8.00. The molecule has 0 aromatic carbocycles. The van der Waals surface area contributed by atoms with E-state index in [1.165, 1.54) is 47.9 Å². The number of fused-ring (bicyclic) bond motifs is 3. The van der Waals surface area contributed by atoms with Crippen molar-refractivity contribution in [1.82, 2.24) is 19.9 Å². The van der Waals surface area contributed by atoms with Crippen LogP contribution in [0.4, 0.5) is 5.82 Å². The van der Waals surface area contributed by atoms with Crippen LogP contribution in [0.1, 0.15) is 50.0 Å². The molecule has 1 aliphatic heterocycles. The molecule has 0 spiro atoms. The van der Waals surface area contributed by atoms with Crippen molar-refractivity contribution in [2.24, 2.45) is 5.92 Å². The number of thiophene rings is 1.